The van der Waals surface area contributed by atoms with Gasteiger partial charge in [-0.25, -0.2) is 22.6 Å². The molecule has 0 N–H and O–H groups in total. The van der Waals surface area contributed by atoms with Crippen molar-refractivity contribution in [1.29, 1.82) is 0 Å². The third-order valence-electron chi connectivity index (χ3n) is 9.23. The van der Waals surface area contributed by atoms with Crippen LogP contribution < -0.4 is 4.90 Å². The molecule has 42 heavy (non-hydrogen) atoms. The van der Waals surface area contributed by atoms with Crippen LogP contribution >= 0.6 is 11.6 Å². The highest BCUT2D eigenvalue weighted by atomic mass is 35.5. The molecule has 0 radical (unpaired) electrons. The number of hydrogen-bond acceptors (Lipinski definition) is 7. The maximum absolute atomic E-state index is 14.6. The summed E-state index contributed by atoms with van der Waals surface area (Å²) in [7, 11) is 0. The third kappa shape index (κ3) is 4.71. The summed E-state index contributed by atoms with van der Waals surface area (Å²) >= 11 is 5.98. The van der Waals surface area contributed by atoms with Crippen LogP contribution in [0.15, 0.2) is 24.5 Å². The zero-order valence-electron chi connectivity index (χ0n) is 23.9. The van der Waals surface area contributed by atoms with Crippen molar-refractivity contribution < 1.29 is 17.9 Å². The largest absolute Gasteiger partial charge is 0.376 e. The number of alkyl halides is 2. The minimum Gasteiger partial charge on any atom is -0.376 e. The van der Waals surface area contributed by atoms with Crippen LogP contribution in [0.1, 0.15) is 57.0 Å². The van der Waals surface area contributed by atoms with Gasteiger partial charge in [0.15, 0.2) is 11.5 Å². The number of ether oxygens (including phenoxy) is 1. The van der Waals surface area contributed by atoms with Crippen LogP contribution in [0.25, 0.3) is 16.9 Å². The Balaban J connectivity index is 1.24. The van der Waals surface area contributed by atoms with Crippen molar-refractivity contribution >= 4 is 34.4 Å². The molecule has 5 heterocycles. The lowest BCUT2D eigenvalue weighted by molar-refractivity contribution is -0.137. The Hall–Kier alpha value is -2.96. The molecular weight excluding hydrogens is 569 g/mol. The highest BCUT2D eigenvalue weighted by molar-refractivity contribution is 6.30. The van der Waals surface area contributed by atoms with Crippen LogP contribution in [0.5, 0.6) is 0 Å². The molecule has 1 aliphatic carbocycles. The number of aromatic nitrogens is 6. The average Bonchev–Trinajstić information content (AvgIpc) is 3.68. The van der Waals surface area contributed by atoms with E-state index in [0.717, 1.165) is 42.3 Å². The summed E-state index contributed by atoms with van der Waals surface area (Å²) < 4.78 is 52.7. The predicted octanol–water partition coefficient (Wildman–Crippen LogP) is 5.44. The van der Waals surface area contributed by atoms with E-state index in [0.29, 0.717) is 31.0 Å². The van der Waals surface area contributed by atoms with Gasteiger partial charge in [0.25, 0.3) is 5.78 Å². The van der Waals surface area contributed by atoms with Gasteiger partial charge in [-0.1, -0.05) is 17.7 Å². The molecule has 4 atom stereocenters. The molecule has 9 nitrogen and oxygen atoms in total. The number of nitrogens with zero attached hydrogens (tertiary/aromatic N) is 8. The minimum absolute atomic E-state index is 0.0239. The Morgan fingerprint density at radius 1 is 1.14 bits per heavy atom. The fourth-order valence-corrected chi connectivity index (χ4v) is 7.28. The van der Waals surface area contributed by atoms with Crippen molar-refractivity contribution in [3.63, 3.8) is 0 Å². The molecule has 1 saturated carbocycles. The number of piperazine rings is 1. The smallest absolute Gasteiger partial charge is 0.258 e. The second-order valence-electron chi connectivity index (χ2n) is 12.2. The Labute approximate surface area is 246 Å². The van der Waals surface area contributed by atoms with Crippen LogP contribution in [0.4, 0.5) is 19.0 Å². The lowest BCUT2D eigenvalue weighted by atomic mass is 9.73. The van der Waals surface area contributed by atoms with Crippen LogP contribution in [-0.4, -0.2) is 77.8 Å². The molecule has 3 aliphatic rings. The Bertz CT molecular complexity index is 1630. The quantitative estimate of drug-likeness (QED) is 0.291. The standard InChI is InChI=1S/C29H34ClF3N8O/c1-16-13-39(17(2)12-38(16)25(20-10-29(32,33)11-20)19-6-7-22(30)23(31)9-19)26-24-27(41-15-34-37-28(41)36-26)40(18(3)35-24)14-21-5-4-8-42-21/h6-7,9,15-17,20-21,25H,4-5,8,10-14H2,1-3H3/t16-,17+,21?,25?/m1/s1. The van der Waals surface area contributed by atoms with Gasteiger partial charge in [0.2, 0.25) is 5.92 Å². The Kier molecular flexibility index (Phi) is 6.86. The number of hydrogen-bond donors (Lipinski definition) is 0. The fraction of sp³-hybridized carbons (Fsp3) is 0.586. The van der Waals surface area contributed by atoms with Gasteiger partial charge >= 0.3 is 0 Å². The van der Waals surface area contributed by atoms with Crippen LogP contribution in [-0.2, 0) is 11.3 Å². The zero-order valence-corrected chi connectivity index (χ0v) is 24.6. The fourth-order valence-electron chi connectivity index (χ4n) is 7.16. The van der Waals surface area contributed by atoms with E-state index in [4.69, 9.17) is 26.3 Å². The van der Waals surface area contributed by atoms with E-state index >= 15 is 0 Å². The summed E-state index contributed by atoms with van der Waals surface area (Å²) in [6, 6.07) is 4.26. The molecule has 3 fully saturated rings. The summed E-state index contributed by atoms with van der Waals surface area (Å²) in [6.45, 7) is 8.80. The number of aryl methyl sites for hydroxylation is 1. The monoisotopic (exact) mass is 602 g/mol. The summed E-state index contributed by atoms with van der Waals surface area (Å²) in [6.07, 6.45) is 3.42. The van der Waals surface area contributed by atoms with Gasteiger partial charge in [0.05, 0.1) is 17.7 Å². The van der Waals surface area contributed by atoms with E-state index in [2.05, 4.69) is 38.4 Å². The lowest BCUT2D eigenvalue weighted by Gasteiger charge is -2.52. The SMILES string of the molecule is Cc1nc2c(N3C[C@@H](C)N(C(c4ccc(Cl)c(F)c4)C4CC(F)(F)C4)C[C@@H]3C)nc3nncn3c2n1CC1CCCO1. The lowest BCUT2D eigenvalue weighted by Crippen LogP contribution is -2.59. The number of fused-ring (bicyclic) bond motifs is 3. The summed E-state index contributed by atoms with van der Waals surface area (Å²) in [4.78, 5) is 14.4. The van der Waals surface area contributed by atoms with E-state index in [-0.39, 0.29) is 48.0 Å². The highest BCUT2D eigenvalue weighted by Gasteiger charge is 2.51. The van der Waals surface area contributed by atoms with Crippen molar-refractivity contribution in [3.05, 3.63) is 46.8 Å². The number of benzene rings is 1. The molecule has 2 aliphatic heterocycles. The first-order chi connectivity index (χ1) is 20.1. The molecule has 13 heteroatoms. The van der Waals surface area contributed by atoms with Crippen molar-refractivity contribution in [2.24, 2.45) is 5.92 Å². The van der Waals surface area contributed by atoms with Gasteiger partial charge in [-0.3, -0.25) is 4.90 Å². The molecule has 1 aromatic carbocycles. The first-order valence-electron chi connectivity index (χ1n) is 14.6. The van der Waals surface area contributed by atoms with Crippen molar-refractivity contribution in [1.82, 2.24) is 34.0 Å². The zero-order chi connectivity index (χ0) is 29.3. The van der Waals surface area contributed by atoms with Crippen LogP contribution in [0.2, 0.25) is 5.02 Å². The number of imidazole rings is 1. The van der Waals surface area contributed by atoms with Crippen molar-refractivity contribution in [2.75, 3.05) is 24.6 Å². The average molecular weight is 603 g/mol. The second-order valence-corrected chi connectivity index (χ2v) is 12.6. The first-order valence-corrected chi connectivity index (χ1v) is 15.0. The second kappa shape index (κ2) is 10.3. The predicted molar refractivity (Wildman–Crippen MR) is 153 cm³/mol. The van der Waals surface area contributed by atoms with Gasteiger partial charge in [-0.15, -0.1) is 10.2 Å². The summed E-state index contributed by atoms with van der Waals surface area (Å²) in [5, 5.41) is 8.44. The third-order valence-corrected chi connectivity index (χ3v) is 9.54. The van der Waals surface area contributed by atoms with Gasteiger partial charge in [-0.05, 0) is 57.2 Å². The topological polar surface area (TPSA) is 76.6 Å². The van der Waals surface area contributed by atoms with Crippen LogP contribution in [0.3, 0.4) is 0 Å². The maximum Gasteiger partial charge on any atom is 0.258 e. The molecule has 3 aromatic heterocycles. The number of rotatable bonds is 6. The minimum atomic E-state index is -2.69. The van der Waals surface area contributed by atoms with E-state index in [1.54, 1.807) is 12.4 Å². The Morgan fingerprint density at radius 3 is 2.67 bits per heavy atom. The van der Waals surface area contributed by atoms with Gasteiger partial charge in [-0.2, -0.15) is 4.98 Å². The van der Waals surface area contributed by atoms with E-state index < -0.39 is 11.7 Å². The normalized spacial score (nSPS) is 25.9. The first kappa shape index (κ1) is 27.8. The van der Waals surface area contributed by atoms with Crippen molar-refractivity contribution in [2.45, 2.75) is 83.2 Å². The van der Waals surface area contributed by atoms with Gasteiger partial charge in [0.1, 0.15) is 23.5 Å². The number of anilines is 1. The maximum atomic E-state index is 14.6. The highest BCUT2D eigenvalue weighted by Crippen LogP contribution is 2.51. The number of halogens is 4. The molecule has 0 amide bonds. The summed E-state index contributed by atoms with van der Waals surface area (Å²) in [5.41, 5.74) is 2.32. The van der Waals surface area contributed by atoms with Crippen LogP contribution in [0, 0.1) is 18.7 Å². The molecule has 0 bridgehead atoms. The van der Waals surface area contributed by atoms with Crippen molar-refractivity contribution in [3.8, 4) is 0 Å². The van der Waals surface area contributed by atoms with E-state index in [1.807, 2.05) is 11.3 Å². The van der Waals surface area contributed by atoms with Gasteiger partial charge < -0.3 is 14.2 Å². The van der Waals surface area contributed by atoms with E-state index in [9.17, 15) is 13.2 Å². The molecule has 2 unspecified atom stereocenters. The molecule has 7 rings (SSSR count). The Morgan fingerprint density at radius 2 is 1.95 bits per heavy atom. The molecule has 2 saturated heterocycles. The molecule has 4 aromatic rings. The van der Waals surface area contributed by atoms with E-state index in [1.165, 1.54) is 12.1 Å². The molecular formula is C29H34ClF3N8O. The summed E-state index contributed by atoms with van der Waals surface area (Å²) in [5.74, 6) is -1.43. The van der Waals surface area contributed by atoms with Gasteiger partial charge in [0, 0.05) is 50.7 Å². The molecule has 0 spiro atoms. The molecule has 224 valence electrons.